The van der Waals surface area contributed by atoms with Crippen molar-refractivity contribution in [1.29, 1.82) is 0 Å². The molecule has 8 nitrogen and oxygen atoms in total. The highest BCUT2D eigenvalue weighted by atomic mass is 35.5. The van der Waals surface area contributed by atoms with Gasteiger partial charge in [-0.1, -0.05) is 29.8 Å². The molecule has 0 bridgehead atoms. The van der Waals surface area contributed by atoms with E-state index in [4.69, 9.17) is 16.3 Å². The van der Waals surface area contributed by atoms with E-state index in [2.05, 4.69) is 10.3 Å². The molecule has 2 heterocycles. The van der Waals surface area contributed by atoms with Crippen molar-refractivity contribution in [2.24, 2.45) is 14.1 Å². The molecule has 3 aromatic rings. The number of nitrogens with one attached hydrogen (secondary N) is 1. The Bertz CT molecular complexity index is 1220. The molecule has 0 saturated heterocycles. The molecule has 0 radical (unpaired) electrons. The molecule has 0 atom stereocenters. The standard InChI is InChI=1S/C20H21ClN4O4S/c1-24-18-16(19(27)25(2)20(24)28)17(13(9-23-18)10-29-3)30-11-15(26)22-8-12-6-4-5-7-14(12)21/h4-7,9H,8,10-11H2,1-3H3,(H,22,26). The van der Waals surface area contributed by atoms with Crippen LogP contribution in [0.4, 0.5) is 0 Å². The van der Waals surface area contributed by atoms with Crippen molar-refractivity contribution >= 4 is 40.3 Å². The molecule has 1 amide bonds. The van der Waals surface area contributed by atoms with E-state index in [1.165, 1.54) is 30.5 Å². The van der Waals surface area contributed by atoms with Crippen molar-refractivity contribution in [3.05, 3.63) is 67.4 Å². The first-order valence-corrected chi connectivity index (χ1v) is 10.4. The number of carbonyl (C=O) groups excluding carboxylic acids is 1. The zero-order valence-corrected chi connectivity index (χ0v) is 18.3. The number of nitrogens with zero attached hydrogens (tertiary/aromatic N) is 3. The van der Waals surface area contributed by atoms with Crippen LogP contribution in [-0.2, 0) is 36.8 Å². The second-order valence-electron chi connectivity index (χ2n) is 6.61. The SMILES string of the molecule is COCc1cnc2c(c1SCC(=O)NCc1ccccc1Cl)c(=O)n(C)c(=O)n2C. The van der Waals surface area contributed by atoms with Gasteiger partial charge in [-0.25, -0.2) is 9.78 Å². The molecule has 3 rings (SSSR count). The summed E-state index contributed by atoms with van der Waals surface area (Å²) < 4.78 is 7.57. The smallest absolute Gasteiger partial charge is 0.332 e. The van der Waals surface area contributed by atoms with Crippen molar-refractivity contribution in [2.45, 2.75) is 18.0 Å². The zero-order chi connectivity index (χ0) is 21.8. The summed E-state index contributed by atoms with van der Waals surface area (Å²) in [5.74, 6) is -0.137. The van der Waals surface area contributed by atoms with Gasteiger partial charge in [-0.05, 0) is 11.6 Å². The van der Waals surface area contributed by atoms with Crippen molar-refractivity contribution in [3.63, 3.8) is 0 Å². The van der Waals surface area contributed by atoms with Crippen LogP contribution in [-0.4, -0.2) is 32.9 Å². The largest absolute Gasteiger partial charge is 0.380 e. The summed E-state index contributed by atoms with van der Waals surface area (Å²) in [6, 6.07) is 7.27. The summed E-state index contributed by atoms with van der Waals surface area (Å²) in [5, 5.41) is 3.70. The van der Waals surface area contributed by atoms with E-state index in [9.17, 15) is 14.4 Å². The molecule has 0 saturated carbocycles. The minimum Gasteiger partial charge on any atom is -0.380 e. The molecule has 0 aliphatic heterocycles. The number of carbonyl (C=O) groups is 1. The Morgan fingerprint density at radius 3 is 2.63 bits per heavy atom. The third-order valence-electron chi connectivity index (χ3n) is 4.58. The average Bonchev–Trinajstić information content (AvgIpc) is 2.74. The van der Waals surface area contributed by atoms with Gasteiger partial charge in [0.2, 0.25) is 5.91 Å². The van der Waals surface area contributed by atoms with Gasteiger partial charge in [0.15, 0.2) is 0 Å². The molecule has 30 heavy (non-hydrogen) atoms. The minimum absolute atomic E-state index is 0.0757. The highest BCUT2D eigenvalue weighted by Gasteiger charge is 2.18. The average molecular weight is 449 g/mol. The topological polar surface area (TPSA) is 95.2 Å². The van der Waals surface area contributed by atoms with E-state index in [-0.39, 0.29) is 29.3 Å². The molecular formula is C20H21ClN4O4S. The number of hydrogen-bond donors (Lipinski definition) is 1. The molecule has 0 fully saturated rings. The first kappa shape index (κ1) is 22.1. The van der Waals surface area contributed by atoms with E-state index in [1.54, 1.807) is 19.3 Å². The Hall–Kier alpha value is -2.62. The lowest BCUT2D eigenvalue weighted by Crippen LogP contribution is -2.37. The van der Waals surface area contributed by atoms with E-state index >= 15 is 0 Å². The number of fused-ring (bicyclic) bond motifs is 1. The van der Waals surface area contributed by atoms with Gasteiger partial charge in [0, 0.05) is 49.4 Å². The highest BCUT2D eigenvalue weighted by Crippen LogP contribution is 2.28. The zero-order valence-electron chi connectivity index (χ0n) is 16.8. The molecule has 1 N–H and O–H groups in total. The summed E-state index contributed by atoms with van der Waals surface area (Å²) in [5.41, 5.74) is 0.827. The molecular weight excluding hydrogens is 428 g/mol. The monoisotopic (exact) mass is 448 g/mol. The number of hydrogen-bond acceptors (Lipinski definition) is 6. The van der Waals surface area contributed by atoms with Gasteiger partial charge in [0.05, 0.1) is 17.7 Å². The van der Waals surface area contributed by atoms with Gasteiger partial charge in [0.25, 0.3) is 5.56 Å². The molecule has 0 unspecified atom stereocenters. The molecule has 0 spiro atoms. The van der Waals surface area contributed by atoms with Crippen LogP contribution in [0, 0.1) is 0 Å². The fourth-order valence-electron chi connectivity index (χ4n) is 2.99. The van der Waals surface area contributed by atoms with Gasteiger partial charge < -0.3 is 10.1 Å². The lowest BCUT2D eigenvalue weighted by molar-refractivity contribution is -0.118. The maximum atomic E-state index is 12.8. The summed E-state index contributed by atoms with van der Waals surface area (Å²) >= 11 is 7.33. The lowest BCUT2D eigenvalue weighted by Gasteiger charge is -2.14. The quantitative estimate of drug-likeness (QED) is 0.554. The van der Waals surface area contributed by atoms with Crippen LogP contribution in [0.3, 0.4) is 0 Å². The van der Waals surface area contributed by atoms with E-state index < -0.39 is 11.2 Å². The Morgan fingerprint density at radius 1 is 1.20 bits per heavy atom. The van der Waals surface area contributed by atoms with Crippen LogP contribution >= 0.6 is 23.4 Å². The summed E-state index contributed by atoms with van der Waals surface area (Å²) in [7, 11) is 4.50. The highest BCUT2D eigenvalue weighted by molar-refractivity contribution is 8.00. The lowest BCUT2D eigenvalue weighted by atomic mass is 10.2. The number of rotatable bonds is 7. The van der Waals surface area contributed by atoms with Gasteiger partial charge in [-0.3, -0.25) is 18.7 Å². The molecule has 10 heteroatoms. The predicted molar refractivity (Wildman–Crippen MR) is 117 cm³/mol. The first-order chi connectivity index (χ1) is 14.3. The maximum absolute atomic E-state index is 12.8. The van der Waals surface area contributed by atoms with Crippen LogP contribution < -0.4 is 16.6 Å². The van der Waals surface area contributed by atoms with Crippen LogP contribution in [0.2, 0.25) is 5.02 Å². The van der Waals surface area contributed by atoms with Crippen LogP contribution in [0.1, 0.15) is 11.1 Å². The van der Waals surface area contributed by atoms with Crippen LogP contribution in [0.15, 0.2) is 44.9 Å². The Labute approximate surface area is 181 Å². The van der Waals surface area contributed by atoms with Crippen molar-refractivity contribution in [3.8, 4) is 0 Å². The fourth-order valence-corrected chi connectivity index (χ4v) is 4.19. The van der Waals surface area contributed by atoms with E-state index in [0.717, 1.165) is 10.1 Å². The number of benzene rings is 1. The number of aromatic nitrogens is 3. The van der Waals surface area contributed by atoms with E-state index in [1.807, 2.05) is 18.2 Å². The normalized spacial score (nSPS) is 11.1. The number of ether oxygens (including phenoxy) is 1. The fraction of sp³-hybridized carbons (Fsp3) is 0.300. The molecule has 0 aliphatic rings. The summed E-state index contributed by atoms with van der Waals surface area (Å²) in [4.78, 5) is 42.3. The Balaban J connectivity index is 1.89. The molecule has 2 aromatic heterocycles. The Morgan fingerprint density at radius 2 is 1.93 bits per heavy atom. The van der Waals surface area contributed by atoms with Crippen LogP contribution in [0.5, 0.6) is 0 Å². The molecule has 0 aliphatic carbocycles. The number of amides is 1. The third kappa shape index (κ3) is 4.43. The molecule has 1 aromatic carbocycles. The molecule has 158 valence electrons. The third-order valence-corrected chi connectivity index (χ3v) is 6.11. The number of thioether (sulfide) groups is 1. The van der Waals surface area contributed by atoms with E-state index in [0.29, 0.717) is 22.0 Å². The Kier molecular flexibility index (Phi) is 6.96. The van der Waals surface area contributed by atoms with Crippen LogP contribution in [0.25, 0.3) is 11.0 Å². The van der Waals surface area contributed by atoms with Gasteiger partial charge in [-0.2, -0.15) is 0 Å². The maximum Gasteiger partial charge on any atom is 0.332 e. The number of pyridine rings is 1. The van der Waals surface area contributed by atoms with Gasteiger partial charge >= 0.3 is 5.69 Å². The van der Waals surface area contributed by atoms with Crippen molar-refractivity contribution in [1.82, 2.24) is 19.4 Å². The van der Waals surface area contributed by atoms with Gasteiger partial charge in [-0.15, -0.1) is 11.8 Å². The number of halogens is 1. The van der Waals surface area contributed by atoms with Crippen molar-refractivity contribution in [2.75, 3.05) is 12.9 Å². The van der Waals surface area contributed by atoms with Gasteiger partial charge in [0.1, 0.15) is 5.65 Å². The predicted octanol–water partition coefficient (Wildman–Crippen LogP) is 1.84. The summed E-state index contributed by atoms with van der Waals surface area (Å²) in [6.07, 6.45) is 1.56. The second-order valence-corrected chi connectivity index (χ2v) is 8.00. The van der Waals surface area contributed by atoms with Crippen molar-refractivity contribution < 1.29 is 9.53 Å². The first-order valence-electron chi connectivity index (χ1n) is 9.04. The summed E-state index contributed by atoms with van der Waals surface area (Å²) in [6.45, 7) is 0.524. The number of aryl methyl sites for hydroxylation is 1. The number of methoxy groups -OCH3 is 1. The second kappa shape index (κ2) is 9.46. The minimum atomic E-state index is -0.465.